The molecule has 7 nitrogen and oxygen atoms in total. The molecule has 7 heteroatoms. The third-order valence-corrected chi connectivity index (χ3v) is 6.73. The molecule has 1 N–H and O–H groups in total. The summed E-state index contributed by atoms with van der Waals surface area (Å²) in [7, 11) is 0. The fraction of sp³-hybridized carbons (Fsp3) is 0.591. The molecule has 0 radical (unpaired) electrons. The molecule has 1 amide bonds. The van der Waals surface area contributed by atoms with Gasteiger partial charge in [0.15, 0.2) is 0 Å². The smallest absolute Gasteiger partial charge is 0.316 e. The Hall–Kier alpha value is -2.57. The van der Waals surface area contributed by atoms with E-state index in [-0.39, 0.29) is 24.0 Å². The number of piperidine rings is 1. The summed E-state index contributed by atoms with van der Waals surface area (Å²) >= 11 is 0. The first kappa shape index (κ1) is 18.5. The molecule has 0 unspecified atom stereocenters. The summed E-state index contributed by atoms with van der Waals surface area (Å²) in [5.74, 6) is 1.84. The largest absolute Gasteiger partial charge is 0.490 e. The minimum Gasteiger partial charge on any atom is -0.490 e. The number of carbonyl (C=O) groups excluding carboxylic acids is 1. The normalized spacial score (nSPS) is 25.9. The van der Waals surface area contributed by atoms with Gasteiger partial charge in [0.25, 0.3) is 0 Å². The number of para-hydroxylation sites is 1. The lowest BCUT2D eigenvalue weighted by Gasteiger charge is -2.33. The van der Waals surface area contributed by atoms with E-state index in [1.54, 1.807) is 0 Å². The molecule has 1 saturated heterocycles. The van der Waals surface area contributed by atoms with Crippen LogP contribution in [-0.4, -0.2) is 46.2 Å². The Bertz CT molecular complexity index is 848. The van der Waals surface area contributed by atoms with Crippen molar-refractivity contribution in [1.29, 1.82) is 0 Å². The Labute approximate surface area is 170 Å². The second kappa shape index (κ2) is 7.35. The molecular weight excluding hydrogens is 368 g/mol. The number of benzene rings is 1. The Kier molecular flexibility index (Phi) is 4.68. The number of carbonyl (C=O) groups is 1. The van der Waals surface area contributed by atoms with Gasteiger partial charge in [-0.1, -0.05) is 23.3 Å². The van der Waals surface area contributed by atoms with Crippen LogP contribution in [-0.2, 0) is 4.79 Å². The molecule has 3 fully saturated rings. The number of nitrogens with zero attached hydrogens (tertiary/aromatic N) is 3. The second-order valence-electron chi connectivity index (χ2n) is 8.86. The van der Waals surface area contributed by atoms with Crippen LogP contribution in [0.2, 0.25) is 0 Å². The molecule has 2 aromatic rings. The van der Waals surface area contributed by atoms with Gasteiger partial charge in [0.05, 0.1) is 0 Å². The van der Waals surface area contributed by atoms with Crippen molar-refractivity contribution in [2.75, 3.05) is 18.4 Å². The van der Waals surface area contributed by atoms with Crippen molar-refractivity contribution >= 4 is 11.9 Å². The van der Waals surface area contributed by atoms with Gasteiger partial charge in [-0.15, -0.1) is 5.10 Å². The van der Waals surface area contributed by atoms with Gasteiger partial charge in [-0.25, -0.2) is 0 Å². The van der Waals surface area contributed by atoms with E-state index in [1.807, 2.05) is 42.2 Å². The number of rotatable bonds is 6. The van der Waals surface area contributed by atoms with Gasteiger partial charge in [0.2, 0.25) is 11.8 Å². The second-order valence-corrected chi connectivity index (χ2v) is 8.86. The van der Waals surface area contributed by atoms with E-state index in [0.717, 1.165) is 44.5 Å². The molecule has 1 aliphatic heterocycles. The highest BCUT2D eigenvalue weighted by Crippen LogP contribution is 2.53. The SMILES string of the molecule is C[C@H](Nc1nnc([C@H]2C[C@@H](Oc3ccccc3)C2)o1)C(=O)N1CCC2(CC1)CC2. The molecular formula is C22H28N4O3. The van der Waals surface area contributed by atoms with Crippen molar-refractivity contribution in [3.8, 4) is 5.75 Å². The Balaban J connectivity index is 1.10. The average Bonchev–Trinajstić information content (AvgIpc) is 3.31. The van der Waals surface area contributed by atoms with Crippen molar-refractivity contribution < 1.29 is 13.9 Å². The van der Waals surface area contributed by atoms with Gasteiger partial charge < -0.3 is 19.4 Å². The summed E-state index contributed by atoms with van der Waals surface area (Å²) in [5.41, 5.74) is 0.569. The number of nitrogens with one attached hydrogen (secondary N) is 1. The fourth-order valence-electron chi connectivity index (χ4n) is 4.41. The highest BCUT2D eigenvalue weighted by Gasteiger charge is 2.45. The van der Waals surface area contributed by atoms with Crippen LogP contribution in [0.15, 0.2) is 34.7 Å². The highest BCUT2D eigenvalue weighted by atomic mass is 16.5. The van der Waals surface area contributed by atoms with Gasteiger partial charge in [-0.3, -0.25) is 4.79 Å². The minimum atomic E-state index is -0.368. The summed E-state index contributed by atoms with van der Waals surface area (Å²) in [4.78, 5) is 14.7. The molecule has 2 heterocycles. The molecule has 29 heavy (non-hydrogen) atoms. The van der Waals surface area contributed by atoms with E-state index < -0.39 is 0 Å². The molecule has 1 atom stereocenters. The van der Waals surface area contributed by atoms with Gasteiger partial charge in [0.1, 0.15) is 17.9 Å². The molecule has 2 saturated carbocycles. The molecule has 0 bridgehead atoms. The highest BCUT2D eigenvalue weighted by molar-refractivity contribution is 5.83. The van der Waals surface area contributed by atoms with E-state index in [9.17, 15) is 4.79 Å². The number of hydrogen-bond acceptors (Lipinski definition) is 6. The van der Waals surface area contributed by atoms with Crippen molar-refractivity contribution in [1.82, 2.24) is 15.1 Å². The lowest BCUT2D eigenvalue weighted by molar-refractivity contribution is -0.133. The van der Waals surface area contributed by atoms with Crippen LogP contribution in [0.3, 0.4) is 0 Å². The number of likely N-dealkylation sites (tertiary alicyclic amines) is 1. The van der Waals surface area contributed by atoms with Crippen molar-refractivity contribution in [2.45, 2.75) is 63.5 Å². The predicted octanol–water partition coefficient (Wildman–Crippen LogP) is 3.60. The van der Waals surface area contributed by atoms with Crippen LogP contribution in [0.4, 0.5) is 6.01 Å². The molecule has 1 aromatic heterocycles. The van der Waals surface area contributed by atoms with Gasteiger partial charge in [0, 0.05) is 19.0 Å². The summed E-state index contributed by atoms with van der Waals surface area (Å²) < 4.78 is 11.7. The Morgan fingerprint density at radius 1 is 1.17 bits per heavy atom. The van der Waals surface area contributed by atoms with Crippen molar-refractivity contribution in [3.05, 3.63) is 36.2 Å². The third-order valence-electron chi connectivity index (χ3n) is 6.73. The van der Waals surface area contributed by atoms with E-state index in [2.05, 4.69) is 15.5 Å². The predicted molar refractivity (Wildman–Crippen MR) is 108 cm³/mol. The quantitative estimate of drug-likeness (QED) is 0.804. The molecule has 1 aromatic carbocycles. The van der Waals surface area contributed by atoms with E-state index in [4.69, 9.17) is 9.15 Å². The number of hydrogen-bond donors (Lipinski definition) is 1. The van der Waals surface area contributed by atoms with Crippen LogP contribution in [0, 0.1) is 5.41 Å². The lowest BCUT2D eigenvalue weighted by atomic mass is 9.82. The maximum absolute atomic E-state index is 12.7. The number of ether oxygens (including phenoxy) is 1. The van der Waals surface area contributed by atoms with E-state index in [1.165, 1.54) is 12.8 Å². The van der Waals surface area contributed by atoms with Crippen molar-refractivity contribution in [2.24, 2.45) is 5.41 Å². The molecule has 154 valence electrons. The first-order chi connectivity index (χ1) is 14.1. The Morgan fingerprint density at radius 2 is 1.90 bits per heavy atom. The molecule has 1 spiro atoms. The van der Waals surface area contributed by atoms with Crippen LogP contribution in [0.25, 0.3) is 0 Å². The minimum absolute atomic E-state index is 0.111. The molecule has 3 aliphatic rings. The monoisotopic (exact) mass is 396 g/mol. The maximum Gasteiger partial charge on any atom is 0.316 e. The topological polar surface area (TPSA) is 80.5 Å². The zero-order valence-corrected chi connectivity index (χ0v) is 16.8. The van der Waals surface area contributed by atoms with Crippen LogP contribution < -0.4 is 10.1 Å². The van der Waals surface area contributed by atoms with Gasteiger partial charge in [-0.2, -0.15) is 0 Å². The van der Waals surface area contributed by atoms with Crippen LogP contribution >= 0.6 is 0 Å². The van der Waals surface area contributed by atoms with Gasteiger partial charge in [-0.05, 0) is 63.0 Å². The summed E-state index contributed by atoms with van der Waals surface area (Å²) in [6.07, 6.45) is 6.87. The van der Waals surface area contributed by atoms with Crippen molar-refractivity contribution in [3.63, 3.8) is 0 Å². The van der Waals surface area contributed by atoms with Crippen LogP contribution in [0.5, 0.6) is 5.75 Å². The number of aromatic nitrogens is 2. The lowest BCUT2D eigenvalue weighted by Crippen LogP contribution is -2.45. The average molecular weight is 396 g/mol. The fourth-order valence-corrected chi connectivity index (χ4v) is 4.41. The first-order valence-electron chi connectivity index (χ1n) is 10.7. The first-order valence-corrected chi connectivity index (χ1v) is 10.7. The molecule has 2 aliphatic carbocycles. The number of anilines is 1. The van der Waals surface area contributed by atoms with E-state index >= 15 is 0 Å². The maximum atomic E-state index is 12.7. The van der Waals surface area contributed by atoms with E-state index in [0.29, 0.717) is 17.3 Å². The summed E-state index contributed by atoms with van der Waals surface area (Å²) in [6, 6.07) is 9.80. The third kappa shape index (κ3) is 3.95. The molecule has 5 rings (SSSR count). The summed E-state index contributed by atoms with van der Waals surface area (Å²) in [5, 5.41) is 11.3. The Morgan fingerprint density at radius 3 is 2.59 bits per heavy atom. The summed E-state index contributed by atoms with van der Waals surface area (Å²) in [6.45, 7) is 3.59. The standard InChI is InChI=1S/C22H28N4O3/c1-15(20(27)26-11-9-22(7-8-22)10-12-26)23-21-25-24-19(29-21)16-13-18(14-16)28-17-5-3-2-4-6-17/h2-6,15-16,18H,7-14H2,1H3,(H,23,25)/t15-,16-,18+/m0/s1. The zero-order valence-electron chi connectivity index (χ0n) is 16.8. The van der Waals surface area contributed by atoms with Crippen LogP contribution in [0.1, 0.15) is 57.3 Å². The van der Waals surface area contributed by atoms with Gasteiger partial charge >= 0.3 is 6.01 Å². The number of amides is 1. The zero-order chi connectivity index (χ0) is 19.8.